The number of rotatable bonds is 4. The van der Waals surface area contributed by atoms with Gasteiger partial charge in [0.25, 0.3) is 0 Å². The van der Waals surface area contributed by atoms with Crippen LogP contribution >= 0.6 is 0 Å². The van der Waals surface area contributed by atoms with Crippen molar-refractivity contribution in [3.63, 3.8) is 0 Å². The molecule has 3 heterocycles. The highest BCUT2D eigenvalue weighted by Gasteiger charge is 2.38. The Morgan fingerprint density at radius 2 is 2.00 bits per heavy atom. The fraction of sp³-hybridized carbons (Fsp3) is 0.389. The molecule has 0 aliphatic carbocycles. The second-order valence-electron chi connectivity index (χ2n) is 6.27. The first-order valence-electron chi connectivity index (χ1n) is 8.34. The van der Waals surface area contributed by atoms with Crippen molar-refractivity contribution in [1.82, 2.24) is 15.3 Å². The number of aromatic nitrogens is 2. The third-order valence-electron chi connectivity index (χ3n) is 4.65. The molecular weight excluding hydrogens is 304 g/mol. The van der Waals surface area contributed by atoms with E-state index in [2.05, 4.69) is 20.2 Å². The summed E-state index contributed by atoms with van der Waals surface area (Å²) < 4.78 is 5.81. The zero-order chi connectivity index (χ0) is 16.4. The smallest absolute Gasteiger partial charge is 0.229 e. The lowest BCUT2D eigenvalue weighted by molar-refractivity contribution is -0.121. The molecule has 2 aliphatic rings. The molecule has 2 fully saturated rings. The number of benzene rings is 1. The van der Waals surface area contributed by atoms with Crippen LogP contribution < -0.4 is 15.0 Å². The minimum absolute atomic E-state index is 0.115. The monoisotopic (exact) mass is 324 g/mol. The van der Waals surface area contributed by atoms with Crippen molar-refractivity contribution in [2.75, 3.05) is 11.4 Å². The number of ether oxygens (including phenoxy) is 1. The predicted molar refractivity (Wildman–Crippen MR) is 89.7 cm³/mol. The first kappa shape index (κ1) is 14.9. The summed E-state index contributed by atoms with van der Waals surface area (Å²) in [6.07, 6.45) is 4.30. The Kier molecular flexibility index (Phi) is 4.02. The zero-order valence-electron chi connectivity index (χ0n) is 13.4. The van der Waals surface area contributed by atoms with Gasteiger partial charge in [-0.3, -0.25) is 4.79 Å². The quantitative estimate of drug-likeness (QED) is 0.930. The molecule has 1 amide bonds. The van der Waals surface area contributed by atoms with E-state index >= 15 is 0 Å². The highest BCUT2D eigenvalue weighted by atomic mass is 16.5. The van der Waals surface area contributed by atoms with E-state index in [1.807, 2.05) is 30.3 Å². The van der Waals surface area contributed by atoms with Gasteiger partial charge in [-0.2, -0.15) is 4.98 Å². The molecule has 2 bridgehead atoms. The number of carbonyl (C=O) groups excluding carboxylic acids is 1. The van der Waals surface area contributed by atoms with Gasteiger partial charge in [0.15, 0.2) is 0 Å². The van der Waals surface area contributed by atoms with Crippen LogP contribution in [0.25, 0.3) is 0 Å². The van der Waals surface area contributed by atoms with Gasteiger partial charge in [-0.1, -0.05) is 30.3 Å². The van der Waals surface area contributed by atoms with Gasteiger partial charge in [-0.15, -0.1) is 0 Å². The van der Waals surface area contributed by atoms with Gasteiger partial charge in [0.2, 0.25) is 17.7 Å². The number of amides is 1. The summed E-state index contributed by atoms with van der Waals surface area (Å²) in [5, 5.41) is 2.97. The summed E-state index contributed by atoms with van der Waals surface area (Å²) in [6.45, 7) is 1.14. The highest BCUT2D eigenvalue weighted by molar-refractivity contribution is 5.78. The van der Waals surface area contributed by atoms with Crippen molar-refractivity contribution >= 4 is 11.9 Å². The van der Waals surface area contributed by atoms with E-state index in [4.69, 9.17) is 4.74 Å². The van der Waals surface area contributed by atoms with E-state index in [1.165, 1.54) is 0 Å². The Labute approximate surface area is 140 Å². The molecule has 24 heavy (non-hydrogen) atoms. The molecule has 0 spiro atoms. The molecule has 124 valence electrons. The van der Waals surface area contributed by atoms with Crippen molar-refractivity contribution in [1.29, 1.82) is 0 Å². The van der Waals surface area contributed by atoms with Crippen LogP contribution in [0.2, 0.25) is 0 Å². The van der Waals surface area contributed by atoms with Gasteiger partial charge < -0.3 is 15.0 Å². The number of nitrogens with one attached hydrogen (secondary N) is 1. The van der Waals surface area contributed by atoms with Crippen LogP contribution in [0.15, 0.2) is 42.6 Å². The fourth-order valence-corrected chi connectivity index (χ4v) is 3.48. The largest absolute Gasteiger partial charge is 0.473 e. The molecule has 6 nitrogen and oxygen atoms in total. The van der Waals surface area contributed by atoms with Crippen molar-refractivity contribution in [3.05, 3.63) is 48.2 Å². The van der Waals surface area contributed by atoms with Crippen molar-refractivity contribution in [2.45, 2.75) is 38.0 Å². The number of anilines is 1. The van der Waals surface area contributed by atoms with E-state index < -0.39 is 0 Å². The topological polar surface area (TPSA) is 67.4 Å². The van der Waals surface area contributed by atoms with Gasteiger partial charge in [0.05, 0.1) is 0 Å². The van der Waals surface area contributed by atoms with Gasteiger partial charge in [0, 0.05) is 37.3 Å². The molecule has 2 aliphatic heterocycles. The molecular formula is C18H20N4O2. The maximum atomic E-state index is 11.8. The molecule has 1 aromatic carbocycles. The van der Waals surface area contributed by atoms with Gasteiger partial charge in [0.1, 0.15) is 6.61 Å². The Balaban J connectivity index is 1.51. The van der Waals surface area contributed by atoms with E-state index in [1.54, 1.807) is 12.3 Å². The molecule has 2 unspecified atom stereocenters. The average molecular weight is 324 g/mol. The van der Waals surface area contributed by atoms with E-state index in [-0.39, 0.29) is 18.0 Å². The van der Waals surface area contributed by atoms with Crippen LogP contribution in [0.3, 0.4) is 0 Å². The van der Waals surface area contributed by atoms with Crippen LogP contribution in [-0.2, 0) is 11.4 Å². The third kappa shape index (κ3) is 3.04. The second-order valence-corrected chi connectivity index (χ2v) is 6.27. The second kappa shape index (κ2) is 6.47. The maximum absolute atomic E-state index is 11.8. The first-order chi connectivity index (χ1) is 11.8. The Morgan fingerprint density at radius 1 is 1.17 bits per heavy atom. The Morgan fingerprint density at radius 3 is 2.88 bits per heavy atom. The Bertz CT molecular complexity index is 722. The molecule has 1 N–H and O–H groups in total. The minimum atomic E-state index is 0.115. The van der Waals surface area contributed by atoms with Crippen LogP contribution in [-0.4, -0.2) is 34.5 Å². The normalized spacial score (nSPS) is 22.8. The van der Waals surface area contributed by atoms with Crippen LogP contribution in [0, 0.1) is 0 Å². The number of carbonyl (C=O) groups is 1. The number of hydrogen-bond donors (Lipinski definition) is 1. The van der Waals surface area contributed by atoms with E-state index in [9.17, 15) is 4.79 Å². The molecule has 6 heteroatoms. The molecule has 4 rings (SSSR count). The lowest BCUT2D eigenvalue weighted by Gasteiger charge is -2.27. The number of nitrogens with zero attached hydrogens (tertiary/aromatic N) is 3. The number of fused-ring (bicyclic) bond motifs is 2. The molecule has 2 saturated heterocycles. The van der Waals surface area contributed by atoms with Gasteiger partial charge in [-0.05, 0) is 18.4 Å². The summed E-state index contributed by atoms with van der Waals surface area (Å²) in [7, 11) is 0. The van der Waals surface area contributed by atoms with Crippen LogP contribution in [0.1, 0.15) is 24.8 Å². The molecule has 2 aromatic rings. The maximum Gasteiger partial charge on any atom is 0.229 e. The molecule has 0 saturated carbocycles. The SMILES string of the molecule is O=C1CC2CCC(CN1)N2c1nccc(OCc2ccccc2)n1. The van der Waals surface area contributed by atoms with Crippen molar-refractivity contribution < 1.29 is 9.53 Å². The lowest BCUT2D eigenvalue weighted by atomic mass is 10.1. The van der Waals surface area contributed by atoms with Gasteiger partial charge in [-0.25, -0.2) is 4.98 Å². The van der Waals surface area contributed by atoms with E-state index in [0.717, 1.165) is 18.4 Å². The van der Waals surface area contributed by atoms with E-state index in [0.29, 0.717) is 31.4 Å². The molecule has 0 radical (unpaired) electrons. The summed E-state index contributed by atoms with van der Waals surface area (Å²) in [4.78, 5) is 23.0. The summed E-state index contributed by atoms with van der Waals surface area (Å²) in [5.41, 5.74) is 1.10. The molecule has 1 aromatic heterocycles. The minimum Gasteiger partial charge on any atom is -0.473 e. The third-order valence-corrected chi connectivity index (χ3v) is 4.65. The fourth-order valence-electron chi connectivity index (χ4n) is 3.48. The van der Waals surface area contributed by atoms with Crippen molar-refractivity contribution in [2.24, 2.45) is 0 Å². The standard InChI is InChI=1S/C18H20N4O2/c23-16-10-14-6-7-15(11-20-16)22(14)18-19-9-8-17(21-18)24-12-13-4-2-1-3-5-13/h1-5,8-9,14-15H,6-7,10-12H2,(H,20,23). The highest BCUT2D eigenvalue weighted by Crippen LogP contribution is 2.32. The van der Waals surface area contributed by atoms with Crippen LogP contribution in [0.5, 0.6) is 5.88 Å². The lowest BCUT2D eigenvalue weighted by Crippen LogP contribution is -2.39. The summed E-state index contributed by atoms with van der Waals surface area (Å²) in [5.74, 6) is 1.33. The van der Waals surface area contributed by atoms with Crippen LogP contribution in [0.4, 0.5) is 5.95 Å². The summed E-state index contributed by atoms with van der Waals surface area (Å²) in [6, 6.07) is 12.2. The predicted octanol–water partition coefficient (Wildman–Crippen LogP) is 1.91. The van der Waals surface area contributed by atoms with Gasteiger partial charge >= 0.3 is 0 Å². The molecule has 2 atom stereocenters. The summed E-state index contributed by atoms with van der Waals surface area (Å²) >= 11 is 0. The average Bonchev–Trinajstić information content (AvgIpc) is 2.93. The van der Waals surface area contributed by atoms with Crippen molar-refractivity contribution in [3.8, 4) is 5.88 Å². The first-order valence-corrected chi connectivity index (χ1v) is 8.34. The Hall–Kier alpha value is -2.63. The zero-order valence-corrected chi connectivity index (χ0v) is 13.4. The number of hydrogen-bond acceptors (Lipinski definition) is 5.